The first kappa shape index (κ1) is 13.9. The highest BCUT2D eigenvalue weighted by molar-refractivity contribution is 5.29. The number of piperidine rings is 1. The molecule has 21 heavy (non-hydrogen) atoms. The summed E-state index contributed by atoms with van der Waals surface area (Å²) in [4.78, 5) is 6.71. The van der Waals surface area contributed by atoms with Crippen LogP contribution in [0.2, 0.25) is 0 Å². The second kappa shape index (κ2) is 6.58. The molecule has 3 N–H and O–H groups in total. The zero-order valence-electron chi connectivity index (χ0n) is 12.0. The molecule has 2 aromatic rings. The number of nitrogens with one attached hydrogen (secondary N) is 1. The molecule has 0 saturated carbocycles. The van der Waals surface area contributed by atoms with Crippen molar-refractivity contribution in [3.05, 3.63) is 36.2 Å². The first-order chi connectivity index (χ1) is 10.3. The Labute approximate surface area is 124 Å². The molecule has 112 valence electrons. The maximum absolute atomic E-state index is 5.71. The molecule has 3 rings (SSSR count). The van der Waals surface area contributed by atoms with E-state index in [9.17, 15) is 0 Å². The smallest absolute Gasteiger partial charge is 0.244 e. The van der Waals surface area contributed by atoms with E-state index in [0.29, 0.717) is 12.5 Å². The van der Waals surface area contributed by atoms with Crippen molar-refractivity contribution in [1.82, 2.24) is 15.2 Å². The third-order valence-electron chi connectivity index (χ3n) is 3.87. The number of para-hydroxylation sites is 1. The van der Waals surface area contributed by atoms with Gasteiger partial charge in [-0.1, -0.05) is 18.2 Å². The van der Waals surface area contributed by atoms with Crippen molar-refractivity contribution in [2.24, 2.45) is 11.7 Å². The Balaban J connectivity index is 1.54. The van der Waals surface area contributed by atoms with Crippen LogP contribution in [0.5, 0.6) is 5.75 Å². The highest BCUT2D eigenvalue weighted by Gasteiger charge is 2.20. The van der Waals surface area contributed by atoms with E-state index in [1.807, 2.05) is 30.3 Å². The van der Waals surface area contributed by atoms with Gasteiger partial charge in [-0.15, -0.1) is 5.10 Å². The molecule has 0 atom stereocenters. The summed E-state index contributed by atoms with van der Waals surface area (Å²) in [5, 5.41) is 7.23. The first-order valence-corrected chi connectivity index (χ1v) is 7.39. The zero-order valence-corrected chi connectivity index (χ0v) is 12.0. The van der Waals surface area contributed by atoms with E-state index in [0.717, 1.165) is 50.0 Å². The summed E-state index contributed by atoms with van der Waals surface area (Å²) >= 11 is 0. The van der Waals surface area contributed by atoms with Crippen molar-refractivity contribution in [3.8, 4) is 5.75 Å². The van der Waals surface area contributed by atoms with E-state index in [2.05, 4.69) is 20.1 Å². The normalized spacial score (nSPS) is 16.1. The van der Waals surface area contributed by atoms with Crippen molar-refractivity contribution >= 4 is 5.95 Å². The number of nitrogens with zero attached hydrogens (tertiary/aromatic N) is 3. The van der Waals surface area contributed by atoms with Gasteiger partial charge in [0.1, 0.15) is 12.4 Å². The fourth-order valence-corrected chi connectivity index (χ4v) is 2.53. The van der Waals surface area contributed by atoms with E-state index in [-0.39, 0.29) is 0 Å². The zero-order chi connectivity index (χ0) is 14.5. The van der Waals surface area contributed by atoms with Crippen LogP contribution in [-0.2, 0) is 6.61 Å². The molecule has 1 fully saturated rings. The molecule has 0 spiro atoms. The molecule has 6 heteroatoms. The SMILES string of the molecule is NCC1CCN(c2n[nH]c(COc3ccccc3)n2)CC1. The third-order valence-corrected chi connectivity index (χ3v) is 3.87. The number of aromatic amines is 1. The number of hydrogen-bond donors (Lipinski definition) is 2. The van der Waals surface area contributed by atoms with Gasteiger partial charge in [0.25, 0.3) is 0 Å². The van der Waals surface area contributed by atoms with Gasteiger partial charge in [0.2, 0.25) is 5.95 Å². The molecule has 2 heterocycles. The summed E-state index contributed by atoms with van der Waals surface area (Å²) in [5.74, 6) is 2.98. The molecule has 0 aliphatic carbocycles. The minimum atomic E-state index is 0.399. The number of ether oxygens (including phenoxy) is 1. The molecule has 1 aliphatic rings. The van der Waals surface area contributed by atoms with Crippen LogP contribution in [-0.4, -0.2) is 34.8 Å². The first-order valence-electron chi connectivity index (χ1n) is 7.39. The van der Waals surface area contributed by atoms with Gasteiger partial charge in [0, 0.05) is 13.1 Å². The fraction of sp³-hybridized carbons (Fsp3) is 0.467. The van der Waals surface area contributed by atoms with E-state index in [1.54, 1.807) is 0 Å². The Morgan fingerprint density at radius 1 is 1.24 bits per heavy atom. The minimum Gasteiger partial charge on any atom is -0.486 e. The number of nitrogens with two attached hydrogens (primary N) is 1. The summed E-state index contributed by atoms with van der Waals surface area (Å²) in [6, 6.07) is 9.71. The lowest BCUT2D eigenvalue weighted by atomic mass is 9.97. The van der Waals surface area contributed by atoms with Crippen LogP contribution in [0.1, 0.15) is 18.7 Å². The molecular formula is C15H21N5O. The monoisotopic (exact) mass is 287 g/mol. The minimum absolute atomic E-state index is 0.399. The van der Waals surface area contributed by atoms with Crippen molar-refractivity contribution in [2.45, 2.75) is 19.4 Å². The third kappa shape index (κ3) is 3.52. The average molecular weight is 287 g/mol. The summed E-state index contributed by atoms with van der Waals surface area (Å²) in [6.07, 6.45) is 2.22. The summed E-state index contributed by atoms with van der Waals surface area (Å²) < 4.78 is 5.66. The fourth-order valence-electron chi connectivity index (χ4n) is 2.53. The molecule has 1 aromatic carbocycles. The van der Waals surface area contributed by atoms with Crippen molar-refractivity contribution < 1.29 is 4.74 Å². The Hall–Kier alpha value is -2.08. The molecule has 0 bridgehead atoms. The molecule has 6 nitrogen and oxygen atoms in total. The Morgan fingerprint density at radius 3 is 2.71 bits per heavy atom. The summed E-state index contributed by atoms with van der Waals surface area (Å²) in [6.45, 7) is 3.12. The number of benzene rings is 1. The van der Waals surface area contributed by atoms with Gasteiger partial charge in [-0.3, -0.25) is 5.10 Å². The van der Waals surface area contributed by atoms with Crippen LogP contribution < -0.4 is 15.4 Å². The molecule has 1 saturated heterocycles. The number of H-pyrrole nitrogens is 1. The van der Waals surface area contributed by atoms with Crippen molar-refractivity contribution in [1.29, 1.82) is 0 Å². The quantitative estimate of drug-likeness (QED) is 0.872. The van der Waals surface area contributed by atoms with Gasteiger partial charge in [-0.2, -0.15) is 4.98 Å². The Morgan fingerprint density at radius 2 is 2.00 bits per heavy atom. The average Bonchev–Trinajstić information content (AvgIpc) is 3.03. The van der Waals surface area contributed by atoms with E-state index in [1.165, 1.54) is 0 Å². The lowest BCUT2D eigenvalue weighted by Gasteiger charge is -2.30. The lowest BCUT2D eigenvalue weighted by Crippen LogP contribution is -2.36. The van der Waals surface area contributed by atoms with Crippen LogP contribution in [0.4, 0.5) is 5.95 Å². The number of rotatable bonds is 5. The van der Waals surface area contributed by atoms with Gasteiger partial charge in [-0.05, 0) is 37.4 Å². The second-order valence-corrected chi connectivity index (χ2v) is 5.35. The summed E-state index contributed by atoms with van der Waals surface area (Å²) in [5.41, 5.74) is 5.71. The van der Waals surface area contributed by atoms with E-state index >= 15 is 0 Å². The number of hydrogen-bond acceptors (Lipinski definition) is 5. The van der Waals surface area contributed by atoms with Crippen molar-refractivity contribution in [3.63, 3.8) is 0 Å². The highest BCUT2D eigenvalue weighted by Crippen LogP contribution is 2.20. The van der Waals surface area contributed by atoms with Gasteiger partial charge in [0.05, 0.1) is 0 Å². The molecule has 0 unspecified atom stereocenters. The predicted molar refractivity (Wildman–Crippen MR) is 81.1 cm³/mol. The van der Waals surface area contributed by atoms with E-state index < -0.39 is 0 Å². The Bertz CT molecular complexity index is 548. The van der Waals surface area contributed by atoms with Gasteiger partial charge < -0.3 is 15.4 Å². The number of aromatic nitrogens is 3. The van der Waals surface area contributed by atoms with E-state index in [4.69, 9.17) is 10.5 Å². The maximum Gasteiger partial charge on any atom is 0.244 e. The largest absolute Gasteiger partial charge is 0.486 e. The van der Waals surface area contributed by atoms with Gasteiger partial charge >= 0.3 is 0 Å². The molecular weight excluding hydrogens is 266 g/mol. The second-order valence-electron chi connectivity index (χ2n) is 5.35. The topological polar surface area (TPSA) is 80.1 Å². The molecule has 0 amide bonds. The standard InChI is InChI=1S/C15H21N5O/c16-10-12-6-8-20(9-7-12)15-17-14(18-19-15)11-21-13-4-2-1-3-5-13/h1-5,12H,6-11,16H2,(H,17,18,19). The Kier molecular flexibility index (Phi) is 4.35. The van der Waals surface area contributed by atoms with Crippen LogP contribution >= 0.6 is 0 Å². The van der Waals surface area contributed by atoms with Crippen LogP contribution in [0.25, 0.3) is 0 Å². The molecule has 0 radical (unpaired) electrons. The van der Waals surface area contributed by atoms with Gasteiger partial charge in [-0.25, -0.2) is 0 Å². The van der Waals surface area contributed by atoms with Crippen LogP contribution in [0.15, 0.2) is 30.3 Å². The summed E-state index contributed by atoms with van der Waals surface area (Å²) in [7, 11) is 0. The lowest BCUT2D eigenvalue weighted by molar-refractivity contribution is 0.296. The maximum atomic E-state index is 5.71. The predicted octanol–water partition coefficient (Wildman–Crippen LogP) is 1.56. The highest BCUT2D eigenvalue weighted by atomic mass is 16.5. The van der Waals surface area contributed by atoms with Gasteiger partial charge in [0.15, 0.2) is 5.82 Å². The van der Waals surface area contributed by atoms with Crippen LogP contribution in [0.3, 0.4) is 0 Å². The van der Waals surface area contributed by atoms with Crippen molar-refractivity contribution in [2.75, 3.05) is 24.5 Å². The molecule has 1 aromatic heterocycles. The van der Waals surface area contributed by atoms with Crippen LogP contribution in [0, 0.1) is 5.92 Å². The number of anilines is 1. The molecule has 1 aliphatic heterocycles.